The van der Waals surface area contributed by atoms with E-state index in [1.165, 1.54) is 38.5 Å². The molecular weight excluding hydrogens is 448 g/mol. The normalized spacial score (nSPS) is 11.7. The average Bonchev–Trinajstić information content (AvgIpc) is 2.91. The summed E-state index contributed by atoms with van der Waals surface area (Å²) in [4.78, 5) is 24.6. The molecule has 4 heteroatoms. The number of benzene rings is 2. The number of ether oxygens (including phenoxy) is 2. The highest BCUT2D eigenvalue weighted by Crippen LogP contribution is 2.26. The molecule has 2 aromatic rings. The van der Waals surface area contributed by atoms with Gasteiger partial charge in [-0.25, -0.2) is 9.59 Å². The minimum Gasteiger partial charge on any atom is -0.462 e. The molecule has 2 aromatic carbocycles. The number of hydrogen-bond donors (Lipinski definition) is 0. The fourth-order valence-corrected chi connectivity index (χ4v) is 4.05. The summed E-state index contributed by atoms with van der Waals surface area (Å²) in [5.41, 5.74) is 5.49. The van der Waals surface area contributed by atoms with E-state index in [0.717, 1.165) is 48.0 Å². The van der Waals surface area contributed by atoms with Gasteiger partial charge < -0.3 is 9.47 Å². The van der Waals surface area contributed by atoms with Crippen LogP contribution in [0.1, 0.15) is 124 Å². The molecule has 4 nitrogen and oxygen atoms in total. The first-order chi connectivity index (χ1) is 17.5. The lowest BCUT2D eigenvalue weighted by Crippen LogP contribution is -2.06. The number of esters is 2. The van der Waals surface area contributed by atoms with Crippen LogP contribution >= 0.6 is 0 Å². The number of carbonyl (C=O) groups is 2. The first-order valence-electron chi connectivity index (χ1n) is 13.7. The van der Waals surface area contributed by atoms with Gasteiger partial charge in [0, 0.05) is 0 Å². The van der Waals surface area contributed by atoms with Gasteiger partial charge in [0.25, 0.3) is 0 Å². The third kappa shape index (κ3) is 10.0. The minimum atomic E-state index is -0.265. The van der Waals surface area contributed by atoms with Gasteiger partial charge in [0.1, 0.15) is 0 Å². The van der Waals surface area contributed by atoms with Crippen LogP contribution in [0.3, 0.4) is 0 Å². The zero-order chi connectivity index (χ0) is 26.2. The van der Waals surface area contributed by atoms with Gasteiger partial charge in [-0.05, 0) is 73.2 Å². The van der Waals surface area contributed by atoms with E-state index in [1.54, 1.807) is 0 Å². The van der Waals surface area contributed by atoms with Crippen molar-refractivity contribution in [3.8, 4) is 0 Å². The van der Waals surface area contributed by atoms with Gasteiger partial charge >= 0.3 is 11.9 Å². The topological polar surface area (TPSA) is 52.6 Å². The van der Waals surface area contributed by atoms with Crippen molar-refractivity contribution in [3.05, 3.63) is 70.8 Å². The first kappa shape index (κ1) is 29.4. The Balaban J connectivity index is 1.90. The van der Waals surface area contributed by atoms with E-state index in [-0.39, 0.29) is 11.9 Å². The molecule has 0 saturated heterocycles. The van der Waals surface area contributed by atoms with Crippen molar-refractivity contribution in [1.82, 2.24) is 0 Å². The second kappa shape index (κ2) is 16.7. The highest BCUT2D eigenvalue weighted by atomic mass is 16.5. The van der Waals surface area contributed by atoms with Gasteiger partial charge in [0.15, 0.2) is 0 Å². The van der Waals surface area contributed by atoms with Gasteiger partial charge in [-0.15, -0.1) is 0 Å². The average molecular weight is 493 g/mol. The fraction of sp³-hybridized carbons (Fsp3) is 0.500. The number of hydrogen-bond acceptors (Lipinski definition) is 4. The van der Waals surface area contributed by atoms with E-state index in [0.29, 0.717) is 24.3 Å². The van der Waals surface area contributed by atoms with E-state index in [1.807, 2.05) is 48.5 Å². The molecule has 0 radical (unpaired) electrons. The minimum absolute atomic E-state index is 0.265. The lowest BCUT2D eigenvalue weighted by atomic mass is 9.96. The Hall–Kier alpha value is -2.88. The molecule has 0 aliphatic rings. The van der Waals surface area contributed by atoms with Gasteiger partial charge in [-0.2, -0.15) is 0 Å². The Kier molecular flexibility index (Phi) is 13.6. The standard InChI is InChI=1S/C32H44O4/c1-5-7-9-11-13-23-35-31(33)29-19-15-27(16-20-29)25(3)26(4)28-17-21-30(22-18-28)32(34)36-24-14-12-10-8-6-2/h15-22H,5-14,23-24H2,1-4H3/b26-25-. The first-order valence-corrected chi connectivity index (χ1v) is 13.7. The molecule has 196 valence electrons. The zero-order valence-electron chi connectivity index (χ0n) is 22.7. The largest absolute Gasteiger partial charge is 0.462 e. The molecule has 0 spiro atoms. The molecule has 0 aliphatic carbocycles. The molecule has 36 heavy (non-hydrogen) atoms. The molecular formula is C32H44O4. The fourth-order valence-electron chi connectivity index (χ4n) is 4.05. The predicted octanol–water partition coefficient (Wildman–Crippen LogP) is 8.89. The van der Waals surface area contributed by atoms with E-state index in [9.17, 15) is 9.59 Å². The van der Waals surface area contributed by atoms with Crippen molar-refractivity contribution in [2.24, 2.45) is 0 Å². The lowest BCUT2D eigenvalue weighted by Gasteiger charge is -2.11. The van der Waals surface area contributed by atoms with Crippen LogP contribution in [0.25, 0.3) is 11.1 Å². The summed E-state index contributed by atoms with van der Waals surface area (Å²) >= 11 is 0. The molecule has 0 heterocycles. The molecule has 0 fully saturated rings. The molecule has 0 atom stereocenters. The molecule has 0 bridgehead atoms. The summed E-state index contributed by atoms with van der Waals surface area (Å²) in [6, 6.07) is 15.2. The van der Waals surface area contributed by atoms with E-state index >= 15 is 0 Å². The monoisotopic (exact) mass is 492 g/mol. The van der Waals surface area contributed by atoms with Crippen molar-refractivity contribution >= 4 is 23.1 Å². The third-order valence-corrected chi connectivity index (χ3v) is 6.63. The summed E-state index contributed by atoms with van der Waals surface area (Å²) in [5.74, 6) is -0.530. The van der Waals surface area contributed by atoms with Crippen molar-refractivity contribution < 1.29 is 19.1 Å². The molecule has 2 rings (SSSR count). The highest BCUT2D eigenvalue weighted by Gasteiger charge is 2.11. The lowest BCUT2D eigenvalue weighted by molar-refractivity contribution is 0.0488. The van der Waals surface area contributed by atoms with Gasteiger partial charge in [-0.3, -0.25) is 0 Å². The number of allylic oxidation sites excluding steroid dienone is 2. The van der Waals surface area contributed by atoms with E-state index < -0.39 is 0 Å². The Bertz CT molecular complexity index is 875. The van der Waals surface area contributed by atoms with Crippen molar-refractivity contribution in [1.29, 1.82) is 0 Å². The maximum atomic E-state index is 12.3. The SMILES string of the molecule is CCCCCCCOC(=O)c1ccc(/C(C)=C(/C)c2ccc(C(=O)OCCCCCCC)cc2)cc1. The van der Waals surface area contributed by atoms with Crippen LogP contribution in [0.15, 0.2) is 48.5 Å². The van der Waals surface area contributed by atoms with Gasteiger partial charge in [-0.1, -0.05) is 89.5 Å². The van der Waals surface area contributed by atoms with Gasteiger partial charge in [0.05, 0.1) is 24.3 Å². The van der Waals surface area contributed by atoms with Crippen LogP contribution in [-0.2, 0) is 9.47 Å². The maximum Gasteiger partial charge on any atom is 0.338 e. The Labute approximate surface area is 218 Å². The van der Waals surface area contributed by atoms with Crippen molar-refractivity contribution in [2.75, 3.05) is 13.2 Å². The summed E-state index contributed by atoms with van der Waals surface area (Å²) < 4.78 is 10.8. The molecule has 0 amide bonds. The van der Waals surface area contributed by atoms with Crippen LogP contribution in [0.2, 0.25) is 0 Å². The molecule has 0 aliphatic heterocycles. The van der Waals surface area contributed by atoms with Crippen LogP contribution < -0.4 is 0 Å². The van der Waals surface area contributed by atoms with Crippen LogP contribution in [-0.4, -0.2) is 25.2 Å². The predicted molar refractivity (Wildman–Crippen MR) is 149 cm³/mol. The summed E-state index contributed by atoms with van der Waals surface area (Å²) in [5, 5.41) is 0. The highest BCUT2D eigenvalue weighted by molar-refractivity contribution is 5.93. The number of carbonyl (C=O) groups excluding carboxylic acids is 2. The van der Waals surface area contributed by atoms with Gasteiger partial charge in [0.2, 0.25) is 0 Å². The number of unbranched alkanes of at least 4 members (excludes halogenated alkanes) is 8. The Morgan fingerprint density at radius 1 is 0.500 bits per heavy atom. The van der Waals surface area contributed by atoms with Crippen LogP contribution in [0, 0.1) is 0 Å². The van der Waals surface area contributed by atoms with E-state index in [4.69, 9.17) is 9.47 Å². The molecule has 0 N–H and O–H groups in total. The Morgan fingerprint density at radius 3 is 1.14 bits per heavy atom. The molecule has 0 unspecified atom stereocenters. The Morgan fingerprint density at radius 2 is 0.806 bits per heavy atom. The van der Waals surface area contributed by atoms with Crippen LogP contribution in [0.5, 0.6) is 0 Å². The summed E-state index contributed by atoms with van der Waals surface area (Å²) in [6.45, 7) is 9.47. The summed E-state index contributed by atoms with van der Waals surface area (Å²) in [6.07, 6.45) is 11.3. The number of rotatable bonds is 16. The molecule has 0 saturated carbocycles. The van der Waals surface area contributed by atoms with Crippen molar-refractivity contribution in [2.45, 2.75) is 91.9 Å². The van der Waals surface area contributed by atoms with Crippen molar-refractivity contribution in [3.63, 3.8) is 0 Å². The quantitative estimate of drug-likeness (QED) is 0.133. The second-order valence-corrected chi connectivity index (χ2v) is 9.50. The van der Waals surface area contributed by atoms with Crippen LogP contribution in [0.4, 0.5) is 0 Å². The summed E-state index contributed by atoms with van der Waals surface area (Å²) in [7, 11) is 0. The third-order valence-electron chi connectivity index (χ3n) is 6.63. The zero-order valence-corrected chi connectivity index (χ0v) is 22.7. The maximum absolute atomic E-state index is 12.3. The molecule has 0 aromatic heterocycles. The second-order valence-electron chi connectivity index (χ2n) is 9.50. The van der Waals surface area contributed by atoms with E-state index in [2.05, 4.69) is 27.7 Å². The smallest absolute Gasteiger partial charge is 0.338 e.